The van der Waals surface area contributed by atoms with E-state index >= 15 is 0 Å². The van der Waals surface area contributed by atoms with Crippen LogP contribution in [0.4, 0.5) is 5.69 Å². The number of methoxy groups -OCH3 is 1. The summed E-state index contributed by atoms with van der Waals surface area (Å²) in [5.74, 6) is 6.26. The van der Waals surface area contributed by atoms with Crippen molar-refractivity contribution in [3.63, 3.8) is 0 Å². The number of hydrogen-bond acceptors (Lipinski definition) is 3. The van der Waals surface area contributed by atoms with E-state index in [1.165, 1.54) is 0 Å². The molecule has 21 heavy (non-hydrogen) atoms. The molecule has 0 fully saturated rings. The van der Waals surface area contributed by atoms with Gasteiger partial charge in [-0.05, 0) is 48.5 Å². The highest BCUT2D eigenvalue weighted by Gasteiger charge is 2.05. The molecule has 0 bridgehead atoms. The van der Waals surface area contributed by atoms with Crippen LogP contribution in [0.5, 0.6) is 5.75 Å². The minimum absolute atomic E-state index is 0.168. The fourth-order valence-corrected chi connectivity index (χ4v) is 1.74. The number of anilines is 1. The SMILES string of the molecule is COc1ccc(C(=O)Nc2ccc(C#CCN)cc2)cc1. The second-order valence-electron chi connectivity index (χ2n) is 4.27. The third-order valence-electron chi connectivity index (χ3n) is 2.83. The van der Waals surface area contributed by atoms with Crippen LogP contribution in [-0.2, 0) is 0 Å². The monoisotopic (exact) mass is 280 g/mol. The molecule has 0 heterocycles. The van der Waals surface area contributed by atoms with E-state index in [1.54, 1.807) is 31.4 Å². The summed E-state index contributed by atoms with van der Waals surface area (Å²) in [5, 5.41) is 2.83. The molecule has 0 atom stereocenters. The molecule has 0 saturated carbocycles. The Bertz CT molecular complexity index is 665. The lowest BCUT2D eigenvalue weighted by molar-refractivity contribution is 0.102. The summed E-state index contributed by atoms with van der Waals surface area (Å²) in [5.41, 5.74) is 7.47. The Morgan fingerprint density at radius 1 is 1.14 bits per heavy atom. The lowest BCUT2D eigenvalue weighted by Crippen LogP contribution is -2.11. The topological polar surface area (TPSA) is 64.3 Å². The number of rotatable bonds is 3. The van der Waals surface area contributed by atoms with Crippen molar-refractivity contribution in [2.75, 3.05) is 19.0 Å². The van der Waals surface area contributed by atoms with Crippen molar-refractivity contribution < 1.29 is 9.53 Å². The molecule has 0 aliphatic rings. The van der Waals surface area contributed by atoms with Gasteiger partial charge in [0.15, 0.2) is 0 Å². The van der Waals surface area contributed by atoms with Crippen LogP contribution in [0.2, 0.25) is 0 Å². The average Bonchev–Trinajstić information content (AvgIpc) is 2.54. The number of hydrogen-bond donors (Lipinski definition) is 2. The largest absolute Gasteiger partial charge is 0.497 e. The Labute approximate surface area is 123 Å². The Morgan fingerprint density at radius 3 is 2.38 bits per heavy atom. The van der Waals surface area contributed by atoms with Crippen LogP contribution in [-0.4, -0.2) is 19.6 Å². The number of carbonyl (C=O) groups is 1. The van der Waals surface area contributed by atoms with Crippen molar-refractivity contribution in [2.24, 2.45) is 5.73 Å². The van der Waals surface area contributed by atoms with Crippen molar-refractivity contribution in [1.82, 2.24) is 0 Å². The maximum absolute atomic E-state index is 12.1. The van der Waals surface area contributed by atoms with Crippen LogP contribution in [0, 0.1) is 11.8 Å². The molecule has 2 rings (SSSR count). The van der Waals surface area contributed by atoms with Gasteiger partial charge in [-0.3, -0.25) is 4.79 Å². The Balaban J connectivity index is 2.04. The van der Waals surface area contributed by atoms with E-state index < -0.39 is 0 Å². The Hall–Kier alpha value is -2.77. The summed E-state index contributed by atoms with van der Waals surface area (Å²) in [6.45, 7) is 0.329. The van der Waals surface area contributed by atoms with Crippen LogP contribution in [0.1, 0.15) is 15.9 Å². The van der Waals surface area contributed by atoms with Crippen LogP contribution in [0.15, 0.2) is 48.5 Å². The molecule has 0 aliphatic carbocycles. The molecule has 3 N–H and O–H groups in total. The van der Waals surface area contributed by atoms with Crippen molar-refractivity contribution in [3.8, 4) is 17.6 Å². The summed E-state index contributed by atoms with van der Waals surface area (Å²) in [6.07, 6.45) is 0. The van der Waals surface area contributed by atoms with Gasteiger partial charge in [0.2, 0.25) is 0 Å². The van der Waals surface area contributed by atoms with Crippen LogP contribution < -0.4 is 15.8 Å². The van der Waals surface area contributed by atoms with Gasteiger partial charge < -0.3 is 15.8 Å². The maximum atomic E-state index is 12.1. The molecule has 0 saturated heterocycles. The molecule has 0 aliphatic heterocycles. The minimum atomic E-state index is -0.168. The second kappa shape index (κ2) is 7.13. The number of nitrogens with one attached hydrogen (secondary N) is 1. The zero-order chi connectivity index (χ0) is 15.1. The first-order valence-corrected chi connectivity index (χ1v) is 6.47. The normalized spacial score (nSPS) is 9.43. The van der Waals surface area contributed by atoms with Gasteiger partial charge in [-0.2, -0.15) is 0 Å². The van der Waals surface area contributed by atoms with Crippen LogP contribution in [0.25, 0.3) is 0 Å². The number of benzene rings is 2. The highest BCUT2D eigenvalue weighted by Crippen LogP contribution is 2.14. The fourth-order valence-electron chi connectivity index (χ4n) is 1.74. The van der Waals surface area contributed by atoms with E-state index in [0.29, 0.717) is 17.8 Å². The van der Waals surface area contributed by atoms with E-state index in [0.717, 1.165) is 11.3 Å². The summed E-state index contributed by atoms with van der Waals surface area (Å²) in [4.78, 5) is 12.1. The van der Waals surface area contributed by atoms with Gasteiger partial charge in [0, 0.05) is 16.8 Å². The van der Waals surface area contributed by atoms with Gasteiger partial charge in [-0.25, -0.2) is 0 Å². The van der Waals surface area contributed by atoms with E-state index in [4.69, 9.17) is 10.5 Å². The lowest BCUT2D eigenvalue weighted by Gasteiger charge is -2.06. The first-order valence-electron chi connectivity index (χ1n) is 6.47. The minimum Gasteiger partial charge on any atom is -0.497 e. The van der Waals surface area contributed by atoms with Crippen molar-refractivity contribution in [2.45, 2.75) is 0 Å². The summed E-state index contributed by atoms with van der Waals surface area (Å²) >= 11 is 0. The van der Waals surface area contributed by atoms with E-state index in [9.17, 15) is 4.79 Å². The molecule has 0 radical (unpaired) electrons. The third-order valence-corrected chi connectivity index (χ3v) is 2.83. The molecule has 0 aromatic heterocycles. The van der Waals surface area contributed by atoms with Crippen LogP contribution in [0.3, 0.4) is 0 Å². The Morgan fingerprint density at radius 2 is 1.81 bits per heavy atom. The predicted octanol–water partition coefficient (Wildman–Crippen LogP) is 2.26. The van der Waals surface area contributed by atoms with Crippen molar-refractivity contribution >= 4 is 11.6 Å². The average molecular weight is 280 g/mol. The van der Waals surface area contributed by atoms with Crippen molar-refractivity contribution in [3.05, 3.63) is 59.7 Å². The molecular formula is C17H16N2O2. The molecule has 0 unspecified atom stereocenters. The quantitative estimate of drug-likeness (QED) is 0.848. The zero-order valence-corrected chi connectivity index (χ0v) is 11.7. The smallest absolute Gasteiger partial charge is 0.255 e. The molecule has 4 nitrogen and oxygen atoms in total. The van der Waals surface area contributed by atoms with Gasteiger partial charge in [-0.1, -0.05) is 11.8 Å². The van der Waals surface area contributed by atoms with Gasteiger partial charge in [0.05, 0.1) is 13.7 Å². The standard InChI is InChI=1S/C17H16N2O2/c1-21-16-10-6-14(7-11-16)17(20)19-15-8-4-13(5-9-15)3-2-12-18/h4-11H,12,18H2,1H3,(H,19,20). The molecule has 2 aromatic rings. The highest BCUT2D eigenvalue weighted by molar-refractivity contribution is 6.04. The summed E-state index contributed by atoms with van der Waals surface area (Å²) in [7, 11) is 1.59. The predicted molar refractivity (Wildman–Crippen MR) is 83.3 cm³/mol. The van der Waals surface area contributed by atoms with Gasteiger partial charge in [0.1, 0.15) is 5.75 Å². The molecule has 0 spiro atoms. The summed E-state index contributed by atoms with van der Waals surface area (Å²) < 4.78 is 5.06. The molecule has 1 amide bonds. The first-order chi connectivity index (χ1) is 10.2. The van der Waals surface area contributed by atoms with Crippen LogP contribution >= 0.6 is 0 Å². The van der Waals surface area contributed by atoms with Crippen molar-refractivity contribution in [1.29, 1.82) is 0 Å². The first kappa shape index (κ1) is 14.6. The van der Waals surface area contributed by atoms with E-state index in [-0.39, 0.29) is 5.91 Å². The Kier molecular flexibility index (Phi) is 4.97. The molecule has 106 valence electrons. The highest BCUT2D eigenvalue weighted by atomic mass is 16.5. The lowest BCUT2D eigenvalue weighted by atomic mass is 10.2. The van der Waals surface area contributed by atoms with E-state index in [1.807, 2.05) is 24.3 Å². The molecule has 2 aromatic carbocycles. The summed E-state index contributed by atoms with van der Waals surface area (Å²) in [6, 6.07) is 14.2. The molecular weight excluding hydrogens is 264 g/mol. The zero-order valence-electron chi connectivity index (χ0n) is 11.7. The fraction of sp³-hybridized carbons (Fsp3) is 0.118. The van der Waals surface area contributed by atoms with Gasteiger partial charge >= 0.3 is 0 Å². The van der Waals surface area contributed by atoms with Gasteiger partial charge in [0.25, 0.3) is 5.91 Å². The number of carbonyl (C=O) groups excluding carboxylic acids is 1. The third kappa shape index (κ3) is 4.10. The van der Waals surface area contributed by atoms with E-state index in [2.05, 4.69) is 17.2 Å². The number of ether oxygens (including phenoxy) is 1. The molecule has 4 heteroatoms. The van der Waals surface area contributed by atoms with Gasteiger partial charge in [-0.15, -0.1) is 0 Å². The number of nitrogens with two attached hydrogens (primary N) is 1. The number of amides is 1. The maximum Gasteiger partial charge on any atom is 0.255 e. The second-order valence-corrected chi connectivity index (χ2v) is 4.27.